The molecular weight excluding hydrogens is 345 g/mol. The van der Waals surface area contributed by atoms with Crippen LogP contribution in [0.3, 0.4) is 0 Å². The van der Waals surface area contributed by atoms with Gasteiger partial charge in [-0.2, -0.15) is 0 Å². The Morgan fingerprint density at radius 2 is 2.00 bits per heavy atom. The summed E-state index contributed by atoms with van der Waals surface area (Å²) in [6, 6.07) is 0.435. The smallest absolute Gasteiger partial charge is 0.309 e. The van der Waals surface area contributed by atoms with Crippen molar-refractivity contribution in [2.24, 2.45) is 5.92 Å². The van der Waals surface area contributed by atoms with Crippen molar-refractivity contribution in [3.8, 4) is 0 Å². The predicted octanol–water partition coefficient (Wildman–Crippen LogP) is 3.27. The summed E-state index contributed by atoms with van der Waals surface area (Å²) < 4.78 is 45.3. The molecule has 0 N–H and O–H groups in total. The van der Waals surface area contributed by atoms with Gasteiger partial charge in [0.2, 0.25) is 5.91 Å². The monoisotopic (exact) mass is 360 g/mol. The highest BCUT2D eigenvalue weighted by atomic mass is 32.1. The number of aromatic nitrogens is 1. The number of carbonyl (C=O) groups excluding carboxylic acids is 2. The molecule has 1 heterocycles. The zero-order valence-electron chi connectivity index (χ0n) is 13.2. The summed E-state index contributed by atoms with van der Waals surface area (Å²) in [5.41, 5.74) is -0.467. The Morgan fingerprint density at radius 3 is 2.62 bits per heavy atom. The largest absolute Gasteiger partial charge is 0.466 e. The fourth-order valence-electron chi connectivity index (χ4n) is 1.99. The molecule has 2 aromatic rings. The molecule has 0 aliphatic rings. The quantitative estimate of drug-likeness (QED) is 0.607. The molecule has 1 unspecified atom stereocenters. The zero-order chi connectivity index (χ0) is 18.0. The molecule has 1 aromatic carbocycles. The number of amides is 1. The number of esters is 1. The van der Waals surface area contributed by atoms with Crippen LogP contribution >= 0.6 is 11.3 Å². The summed E-state index contributed by atoms with van der Waals surface area (Å²) in [7, 11) is 1.37. The van der Waals surface area contributed by atoms with E-state index in [0.29, 0.717) is 6.07 Å². The molecule has 0 aliphatic carbocycles. The van der Waals surface area contributed by atoms with E-state index in [-0.39, 0.29) is 22.9 Å². The van der Waals surface area contributed by atoms with Crippen molar-refractivity contribution in [1.82, 2.24) is 4.98 Å². The maximum atomic E-state index is 13.7. The molecule has 1 amide bonds. The summed E-state index contributed by atoms with van der Waals surface area (Å²) >= 11 is 0.725. The van der Waals surface area contributed by atoms with Gasteiger partial charge >= 0.3 is 5.97 Å². The average Bonchev–Trinajstić information content (AvgIpc) is 2.98. The van der Waals surface area contributed by atoms with Gasteiger partial charge in [-0.3, -0.25) is 14.5 Å². The highest BCUT2D eigenvalue weighted by Crippen LogP contribution is 2.33. The number of ether oxygens (including phenoxy) is 1. The number of thiazole rings is 1. The Balaban J connectivity index is 2.23. The molecule has 5 nitrogen and oxygen atoms in total. The lowest BCUT2D eigenvalue weighted by Crippen LogP contribution is -2.30. The number of hydrogen-bond donors (Lipinski definition) is 0. The number of benzene rings is 1. The van der Waals surface area contributed by atoms with Gasteiger partial charge < -0.3 is 4.74 Å². The third kappa shape index (κ3) is 3.50. The molecule has 0 bridgehead atoms. The number of fused-ring (bicyclic) bond motifs is 1. The molecule has 1 atom stereocenters. The third-order valence-corrected chi connectivity index (χ3v) is 4.47. The van der Waals surface area contributed by atoms with Crippen molar-refractivity contribution in [2.75, 3.05) is 18.6 Å². The fraction of sp³-hybridized carbons (Fsp3) is 0.400. The number of anilines is 1. The highest BCUT2D eigenvalue weighted by Gasteiger charge is 2.24. The first-order chi connectivity index (χ1) is 11.3. The van der Waals surface area contributed by atoms with Crippen LogP contribution in [0.25, 0.3) is 10.2 Å². The average molecular weight is 360 g/mol. The molecule has 2 rings (SSSR count). The van der Waals surface area contributed by atoms with Gasteiger partial charge in [0.05, 0.1) is 17.2 Å². The Kier molecular flexibility index (Phi) is 5.43. The van der Waals surface area contributed by atoms with Crippen LogP contribution in [0.1, 0.15) is 20.3 Å². The maximum Gasteiger partial charge on any atom is 0.309 e. The van der Waals surface area contributed by atoms with Gasteiger partial charge in [0.15, 0.2) is 16.8 Å². The van der Waals surface area contributed by atoms with E-state index in [2.05, 4.69) is 4.98 Å². The van der Waals surface area contributed by atoms with E-state index in [9.17, 15) is 22.8 Å². The summed E-state index contributed by atoms with van der Waals surface area (Å²) in [5.74, 6) is -5.22. The van der Waals surface area contributed by atoms with Crippen LogP contribution in [0, 0.1) is 23.4 Å². The van der Waals surface area contributed by atoms with Crippen molar-refractivity contribution in [2.45, 2.75) is 20.3 Å². The normalized spacial score (nSPS) is 12.2. The molecule has 1 aromatic heterocycles. The van der Waals surface area contributed by atoms with E-state index in [0.717, 1.165) is 16.2 Å². The molecule has 24 heavy (non-hydrogen) atoms. The molecule has 0 saturated heterocycles. The number of halogens is 3. The number of hydrogen-bond acceptors (Lipinski definition) is 5. The van der Waals surface area contributed by atoms with Crippen molar-refractivity contribution in [1.29, 1.82) is 0 Å². The first-order valence-corrected chi connectivity index (χ1v) is 7.95. The maximum absolute atomic E-state index is 13.7. The summed E-state index contributed by atoms with van der Waals surface area (Å²) in [6.45, 7) is 3.40. The molecule has 130 valence electrons. The minimum atomic E-state index is -1.35. The van der Waals surface area contributed by atoms with Crippen LogP contribution in [0.5, 0.6) is 0 Å². The molecule has 0 spiro atoms. The third-order valence-electron chi connectivity index (χ3n) is 3.33. The fourth-order valence-corrected chi connectivity index (χ4v) is 2.94. The van der Waals surface area contributed by atoms with Crippen LogP contribution in [0.2, 0.25) is 0 Å². The first-order valence-electron chi connectivity index (χ1n) is 7.13. The van der Waals surface area contributed by atoms with Gasteiger partial charge in [-0.25, -0.2) is 18.2 Å². The number of nitrogens with zero attached hydrogens (tertiary/aromatic N) is 2. The van der Waals surface area contributed by atoms with Gasteiger partial charge in [0.1, 0.15) is 11.3 Å². The Morgan fingerprint density at radius 1 is 1.33 bits per heavy atom. The second-order valence-electron chi connectivity index (χ2n) is 5.14. The topological polar surface area (TPSA) is 59.5 Å². The summed E-state index contributed by atoms with van der Waals surface area (Å²) in [4.78, 5) is 28.6. The molecule has 0 radical (unpaired) electrons. The van der Waals surface area contributed by atoms with Crippen molar-refractivity contribution < 1.29 is 27.5 Å². The number of rotatable bonds is 5. The Hall–Kier alpha value is -2.16. The first kappa shape index (κ1) is 18.2. The second kappa shape index (κ2) is 7.16. The van der Waals surface area contributed by atoms with Gasteiger partial charge in [-0.1, -0.05) is 18.3 Å². The zero-order valence-corrected chi connectivity index (χ0v) is 14.0. The minimum absolute atomic E-state index is 0.00876. The molecule has 0 aliphatic heterocycles. The van der Waals surface area contributed by atoms with E-state index in [4.69, 9.17) is 4.74 Å². The van der Waals surface area contributed by atoms with E-state index in [1.54, 1.807) is 6.92 Å². The molecular formula is C15H15F3N2O3S. The second-order valence-corrected chi connectivity index (χ2v) is 6.12. The summed E-state index contributed by atoms with van der Waals surface area (Å²) in [5, 5.41) is 0.00876. The molecule has 0 fully saturated rings. The van der Waals surface area contributed by atoms with E-state index in [1.165, 1.54) is 14.0 Å². The van der Waals surface area contributed by atoms with Crippen LogP contribution in [-0.2, 0) is 14.3 Å². The summed E-state index contributed by atoms with van der Waals surface area (Å²) in [6.07, 6.45) is -0.148. The van der Waals surface area contributed by atoms with Crippen LogP contribution < -0.4 is 4.90 Å². The lowest BCUT2D eigenvalue weighted by molar-refractivity contribution is -0.148. The van der Waals surface area contributed by atoms with E-state index < -0.39 is 40.8 Å². The Bertz CT molecular complexity index is 794. The van der Waals surface area contributed by atoms with Crippen molar-refractivity contribution >= 4 is 38.6 Å². The number of carbonyl (C=O) groups is 2. The van der Waals surface area contributed by atoms with Crippen LogP contribution in [0.15, 0.2) is 6.07 Å². The van der Waals surface area contributed by atoms with Crippen LogP contribution in [0.4, 0.5) is 18.3 Å². The molecule has 9 heteroatoms. The van der Waals surface area contributed by atoms with Gasteiger partial charge in [-0.15, -0.1) is 0 Å². The highest BCUT2D eigenvalue weighted by molar-refractivity contribution is 7.22. The minimum Gasteiger partial charge on any atom is -0.466 e. The SMILES string of the molecule is CCOC(=O)C(C)CC(=O)N(C)c1nc2c(F)c(F)cc(F)c2s1. The van der Waals surface area contributed by atoms with E-state index in [1.807, 2.05) is 0 Å². The van der Waals surface area contributed by atoms with E-state index >= 15 is 0 Å². The van der Waals surface area contributed by atoms with Gasteiger partial charge in [-0.05, 0) is 6.92 Å². The van der Waals surface area contributed by atoms with Crippen molar-refractivity contribution in [3.05, 3.63) is 23.5 Å². The van der Waals surface area contributed by atoms with Crippen molar-refractivity contribution in [3.63, 3.8) is 0 Å². The standard InChI is InChI=1S/C15H15F3N2O3S/c1-4-23-14(22)7(2)5-10(21)20(3)15-19-12-11(18)8(16)6-9(17)13(12)24-15/h6-7H,4-5H2,1-3H3. The van der Waals surface area contributed by atoms with Crippen LogP contribution in [-0.4, -0.2) is 30.5 Å². The van der Waals surface area contributed by atoms with Gasteiger partial charge in [0.25, 0.3) is 0 Å². The lowest BCUT2D eigenvalue weighted by atomic mass is 10.1. The van der Waals surface area contributed by atoms with Gasteiger partial charge in [0, 0.05) is 19.5 Å². The predicted molar refractivity (Wildman–Crippen MR) is 83.3 cm³/mol. The molecule has 0 saturated carbocycles. The Labute approximate surface area is 140 Å². The lowest BCUT2D eigenvalue weighted by Gasteiger charge is -2.16.